The largest absolute Gasteiger partial charge is 0.454 e. The van der Waals surface area contributed by atoms with Crippen LogP contribution in [0.25, 0.3) is 11.1 Å². The van der Waals surface area contributed by atoms with Crippen molar-refractivity contribution in [1.82, 2.24) is 0 Å². The van der Waals surface area contributed by atoms with Gasteiger partial charge in [0.15, 0.2) is 11.5 Å². The Labute approximate surface area is 189 Å². The van der Waals surface area contributed by atoms with Crippen molar-refractivity contribution in [1.29, 1.82) is 0 Å². The van der Waals surface area contributed by atoms with E-state index in [9.17, 15) is 0 Å². The maximum atomic E-state index is 5.69. The first-order valence-electron chi connectivity index (χ1n) is 11.6. The first-order chi connectivity index (χ1) is 15.8. The first kappa shape index (κ1) is 19.2. The summed E-state index contributed by atoms with van der Waals surface area (Å²) in [4.78, 5) is 2.30. The van der Waals surface area contributed by atoms with Gasteiger partial charge in [-0.15, -0.1) is 0 Å². The second-order valence-electron chi connectivity index (χ2n) is 8.77. The molecule has 3 aromatic carbocycles. The molecule has 0 aromatic heterocycles. The standard InChI is InChI=1S/C29H27NO2/c1-3-13-26-21(7-1)9-5-11-23(26)18-30(25-15-16-28-29(17-25)32-20-31-28)19-24-12-6-10-22-8-2-4-14-27(22)24/h1-4,7-8,13-19H,5-6,9-12,20H2/b23-18+,24-19+. The summed E-state index contributed by atoms with van der Waals surface area (Å²) in [6.07, 6.45) is 11.6. The average molecular weight is 422 g/mol. The summed E-state index contributed by atoms with van der Waals surface area (Å²) in [5.41, 5.74) is 9.55. The lowest BCUT2D eigenvalue weighted by molar-refractivity contribution is 0.174. The number of allylic oxidation sites excluding steroid dienone is 2. The molecule has 3 aliphatic rings. The number of nitrogens with zero attached hydrogens (tertiary/aromatic N) is 1. The average Bonchev–Trinajstić information content (AvgIpc) is 3.32. The lowest BCUT2D eigenvalue weighted by Crippen LogP contribution is -2.13. The molecular formula is C29H27NO2. The third-order valence-electron chi connectivity index (χ3n) is 6.76. The van der Waals surface area contributed by atoms with Gasteiger partial charge >= 0.3 is 0 Å². The van der Waals surface area contributed by atoms with Crippen LogP contribution >= 0.6 is 0 Å². The van der Waals surface area contributed by atoms with Crippen LogP contribution in [-0.2, 0) is 12.8 Å². The van der Waals surface area contributed by atoms with Gasteiger partial charge in [-0.25, -0.2) is 0 Å². The van der Waals surface area contributed by atoms with Gasteiger partial charge in [-0.05, 0) is 84.1 Å². The molecule has 0 saturated carbocycles. The zero-order chi connectivity index (χ0) is 21.3. The molecule has 6 rings (SSSR count). The summed E-state index contributed by atoms with van der Waals surface area (Å²) in [5, 5.41) is 0. The molecule has 0 fully saturated rings. The van der Waals surface area contributed by atoms with Crippen LogP contribution in [0.15, 0.2) is 79.1 Å². The van der Waals surface area contributed by atoms with Crippen molar-refractivity contribution in [2.75, 3.05) is 11.7 Å². The molecule has 1 heterocycles. The van der Waals surface area contributed by atoms with Gasteiger partial charge < -0.3 is 14.4 Å². The molecule has 3 nitrogen and oxygen atoms in total. The fourth-order valence-corrected chi connectivity index (χ4v) is 5.15. The number of hydrogen-bond donors (Lipinski definition) is 0. The molecular weight excluding hydrogens is 394 g/mol. The fourth-order valence-electron chi connectivity index (χ4n) is 5.15. The molecule has 0 bridgehead atoms. The van der Waals surface area contributed by atoms with Gasteiger partial charge in [0, 0.05) is 24.2 Å². The Morgan fingerprint density at radius 2 is 1.22 bits per heavy atom. The van der Waals surface area contributed by atoms with E-state index < -0.39 is 0 Å². The SMILES string of the molecule is C(=C1/CCCc2ccccc21)/N(/C=C1\CCCc2ccccc21)c1ccc2c(c1)OCO2. The highest BCUT2D eigenvalue weighted by Gasteiger charge is 2.19. The van der Waals surface area contributed by atoms with Crippen LogP contribution in [0, 0.1) is 0 Å². The first-order valence-corrected chi connectivity index (χ1v) is 11.6. The zero-order valence-electron chi connectivity index (χ0n) is 18.2. The summed E-state index contributed by atoms with van der Waals surface area (Å²) >= 11 is 0. The number of fused-ring (bicyclic) bond motifs is 3. The van der Waals surface area contributed by atoms with Crippen molar-refractivity contribution in [3.05, 3.63) is 101 Å². The summed E-state index contributed by atoms with van der Waals surface area (Å²) in [6.45, 7) is 0.293. The van der Waals surface area contributed by atoms with Gasteiger partial charge in [0.1, 0.15) is 0 Å². The second-order valence-corrected chi connectivity index (χ2v) is 8.77. The summed E-state index contributed by atoms with van der Waals surface area (Å²) in [5.74, 6) is 1.64. The molecule has 0 N–H and O–H groups in total. The number of rotatable bonds is 3. The molecule has 32 heavy (non-hydrogen) atoms. The summed E-state index contributed by atoms with van der Waals surface area (Å²) < 4.78 is 11.2. The van der Waals surface area contributed by atoms with Gasteiger partial charge in [-0.2, -0.15) is 0 Å². The molecule has 3 aromatic rings. The van der Waals surface area contributed by atoms with E-state index in [1.807, 2.05) is 6.07 Å². The highest BCUT2D eigenvalue weighted by Crippen LogP contribution is 2.39. The third kappa shape index (κ3) is 3.58. The maximum Gasteiger partial charge on any atom is 0.231 e. The van der Waals surface area contributed by atoms with Gasteiger partial charge in [-0.3, -0.25) is 0 Å². The van der Waals surface area contributed by atoms with Crippen molar-refractivity contribution in [2.45, 2.75) is 38.5 Å². The Bertz CT molecular complexity index is 1160. The van der Waals surface area contributed by atoms with Crippen molar-refractivity contribution in [2.24, 2.45) is 0 Å². The van der Waals surface area contributed by atoms with E-state index in [1.165, 1.54) is 46.2 Å². The van der Waals surface area contributed by atoms with Crippen LogP contribution < -0.4 is 14.4 Å². The lowest BCUT2D eigenvalue weighted by Gasteiger charge is -2.26. The highest BCUT2D eigenvalue weighted by atomic mass is 16.7. The van der Waals surface area contributed by atoms with Crippen LogP contribution in [-0.4, -0.2) is 6.79 Å². The molecule has 160 valence electrons. The summed E-state index contributed by atoms with van der Waals surface area (Å²) in [6, 6.07) is 23.9. The van der Waals surface area contributed by atoms with Crippen LogP contribution in [0.5, 0.6) is 11.5 Å². The van der Waals surface area contributed by atoms with E-state index in [0.29, 0.717) is 6.79 Å². The van der Waals surface area contributed by atoms with Crippen LogP contribution in [0.2, 0.25) is 0 Å². The van der Waals surface area contributed by atoms with E-state index in [1.54, 1.807) is 0 Å². The van der Waals surface area contributed by atoms with E-state index in [0.717, 1.165) is 42.9 Å². The van der Waals surface area contributed by atoms with Gasteiger partial charge in [0.05, 0.1) is 0 Å². The maximum absolute atomic E-state index is 5.69. The van der Waals surface area contributed by atoms with E-state index in [-0.39, 0.29) is 0 Å². The van der Waals surface area contributed by atoms with Crippen molar-refractivity contribution >= 4 is 16.8 Å². The van der Waals surface area contributed by atoms with Crippen LogP contribution in [0.3, 0.4) is 0 Å². The predicted molar refractivity (Wildman–Crippen MR) is 130 cm³/mol. The van der Waals surface area contributed by atoms with E-state index in [4.69, 9.17) is 9.47 Å². The van der Waals surface area contributed by atoms with Crippen molar-refractivity contribution < 1.29 is 9.47 Å². The Kier molecular flexibility index (Phi) is 4.95. The second kappa shape index (κ2) is 8.23. The Balaban J connectivity index is 1.47. The number of anilines is 1. The van der Waals surface area contributed by atoms with Gasteiger partial charge in [0.25, 0.3) is 0 Å². The third-order valence-corrected chi connectivity index (χ3v) is 6.76. The molecule has 0 spiro atoms. The molecule has 2 aliphatic carbocycles. The number of hydrogen-bond acceptors (Lipinski definition) is 3. The predicted octanol–water partition coefficient (Wildman–Crippen LogP) is 6.98. The molecule has 1 aliphatic heterocycles. The minimum atomic E-state index is 0.293. The lowest BCUT2D eigenvalue weighted by atomic mass is 9.87. The Hall–Kier alpha value is -3.46. The number of benzene rings is 3. The van der Waals surface area contributed by atoms with Crippen molar-refractivity contribution in [3.63, 3.8) is 0 Å². The topological polar surface area (TPSA) is 21.7 Å². The minimum Gasteiger partial charge on any atom is -0.454 e. The monoisotopic (exact) mass is 421 g/mol. The van der Waals surface area contributed by atoms with E-state index >= 15 is 0 Å². The van der Waals surface area contributed by atoms with Gasteiger partial charge in [0.2, 0.25) is 6.79 Å². The fraction of sp³-hybridized carbons (Fsp3) is 0.241. The van der Waals surface area contributed by atoms with Crippen molar-refractivity contribution in [3.8, 4) is 11.5 Å². The van der Waals surface area contributed by atoms with Crippen LogP contribution in [0.4, 0.5) is 5.69 Å². The smallest absolute Gasteiger partial charge is 0.231 e. The molecule has 0 saturated heterocycles. The summed E-state index contributed by atoms with van der Waals surface area (Å²) in [7, 11) is 0. The number of ether oxygens (including phenoxy) is 2. The molecule has 0 atom stereocenters. The van der Waals surface area contributed by atoms with Gasteiger partial charge in [-0.1, -0.05) is 48.5 Å². The minimum absolute atomic E-state index is 0.293. The molecule has 0 amide bonds. The zero-order valence-corrected chi connectivity index (χ0v) is 18.2. The quantitative estimate of drug-likeness (QED) is 0.455. The molecule has 3 heteroatoms. The normalized spacial score (nSPS) is 19.0. The van der Waals surface area contributed by atoms with E-state index in [2.05, 4.69) is 78.0 Å². The van der Waals surface area contributed by atoms with Crippen LogP contribution in [0.1, 0.15) is 47.9 Å². The molecule has 0 unspecified atom stereocenters. The molecule has 0 radical (unpaired) electrons. The Morgan fingerprint density at radius 1 is 0.625 bits per heavy atom. The Morgan fingerprint density at radius 3 is 1.88 bits per heavy atom. The highest BCUT2D eigenvalue weighted by molar-refractivity contribution is 5.78. The number of aryl methyl sites for hydroxylation is 2.